The second kappa shape index (κ2) is 4.99. The van der Waals surface area contributed by atoms with Crippen molar-refractivity contribution in [2.75, 3.05) is 0 Å². The number of hydrogen-bond donors (Lipinski definition) is 0. The third-order valence-corrected chi connectivity index (χ3v) is 3.76. The molecule has 0 aromatic heterocycles. The molecule has 2 rings (SSSR count). The van der Waals surface area contributed by atoms with Gasteiger partial charge < -0.3 is 0 Å². The van der Waals surface area contributed by atoms with Crippen LogP contribution in [0.2, 0.25) is 0 Å². The van der Waals surface area contributed by atoms with Crippen LogP contribution in [0.1, 0.15) is 48.5 Å². The summed E-state index contributed by atoms with van der Waals surface area (Å²) in [5, 5.41) is 0. The first-order valence-electron chi connectivity index (χ1n) is 6.39. The van der Waals surface area contributed by atoms with Crippen LogP contribution < -0.4 is 0 Å². The molecule has 0 heterocycles. The molecule has 2 unspecified atom stereocenters. The zero-order chi connectivity index (χ0) is 12.4. The highest BCUT2D eigenvalue weighted by Crippen LogP contribution is 2.31. The summed E-state index contributed by atoms with van der Waals surface area (Å²) in [5.41, 5.74) is 0.837. The molecule has 1 aliphatic carbocycles. The number of benzene rings is 1. The minimum Gasteiger partial charge on any atom is -0.294 e. The molecule has 0 saturated heterocycles. The van der Waals surface area contributed by atoms with Crippen LogP contribution in [0.4, 0.5) is 4.39 Å². The number of aryl methyl sites for hydroxylation is 1. The van der Waals surface area contributed by atoms with Crippen LogP contribution >= 0.6 is 0 Å². The molecular weight excluding hydrogens is 215 g/mol. The first-order chi connectivity index (χ1) is 8.09. The van der Waals surface area contributed by atoms with E-state index in [2.05, 4.69) is 6.92 Å². The van der Waals surface area contributed by atoms with Gasteiger partial charge >= 0.3 is 0 Å². The molecular formula is C15H19FO. The number of ketones is 1. The maximum absolute atomic E-state index is 13.9. The summed E-state index contributed by atoms with van der Waals surface area (Å²) in [6.07, 6.45) is 4.11. The fourth-order valence-corrected chi connectivity index (χ4v) is 2.73. The van der Waals surface area contributed by atoms with Gasteiger partial charge in [-0.3, -0.25) is 4.79 Å². The standard InChI is InChI=1S/C15H19FO/c1-10-5-3-7-12(9-10)15(17)13-8-4-6-11(2)14(13)16/h4,6,8,10,12H,3,5,7,9H2,1-2H3. The van der Waals surface area contributed by atoms with Crippen LogP contribution in [0.15, 0.2) is 18.2 Å². The van der Waals surface area contributed by atoms with E-state index in [1.165, 1.54) is 6.42 Å². The Kier molecular flexibility index (Phi) is 3.60. The van der Waals surface area contributed by atoms with E-state index < -0.39 is 0 Å². The maximum Gasteiger partial charge on any atom is 0.168 e. The molecule has 17 heavy (non-hydrogen) atoms. The Morgan fingerprint density at radius 3 is 2.82 bits per heavy atom. The van der Waals surface area contributed by atoms with Crippen LogP contribution in [0.5, 0.6) is 0 Å². The summed E-state index contributed by atoms with van der Waals surface area (Å²) in [7, 11) is 0. The average molecular weight is 234 g/mol. The van der Waals surface area contributed by atoms with Gasteiger partial charge in [-0.05, 0) is 37.3 Å². The highest BCUT2D eigenvalue weighted by molar-refractivity contribution is 5.98. The molecule has 0 bridgehead atoms. The van der Waals surface area contributed by atoms with E-state index in [4.69, 9.17) is 0 Å². The second-order valence-corrected chi connectivity index (χ2v) is 5.27. The molecule has 1 aromatic carbocycles. The number of carbonyl (C=O) groups excluding carboxylic acids is 1. The van der Waals surface area contributed by atoms with Gasteiger partial charge in [0.1, 0.15) is 5.82 Å². The van der Waals surface area contributed by atoms with E-state index in [1.807, 2.05) is 0 Å². The van der Waals surface area contributed by atoms with Gasteiger partial charge in [-0.15, -0.1) is 0 Å². The van der Waals surface area contributed by atoms with Gasteiger partial charge in [-0.2, -0.15) is 0 Å². The molecule has 1 aliphatic rings. The first-order valence-corrected chi connectivity index (χ1v) is 6.39. The monoisotopic (exact) mass is 234 g/mol. The van der Waals surface area contributed by atoms with Gasteiger partial charge in [-0.25, -0.2) is 4.39 Å². The summed E-state index contributed by atoms with van der Waals surface area (Å²) in [6, 6.07) is 5.08. The van der Waals surface area contributed by atoms with Crippen molar-refractivity contribution >= 4 is 5.78 Å². The lowest BCUT2D eigenvalue weighted by atomic mass is 9.78. The Morgan fingerprint density at radius 2 is 2.12 bits per heavy atom. The normalized spacial score (nSPS) is 24.6. The van der Waals surface area contributed by atoms with Crippen LogP contribution in [0.25, 0.3) is 0 Å². The van der Waals surface area contributed by atoms with Gasteiger partial charge in [0.25, 0.3) is 0 Å². The van der Waals surface area contributed by atoms with E-state index in [1.54, 1.807) is 25.1 Å². The van der Waals surface area contributed by atoms with E-state index in [9.17, 15) is 9.18 Å². The van der Waals surface area contributed by atoms with Gasteiger partial charge in [-0.1, -0.05) is 31.9 Å². The summed E-state index contributed by atoms with van der Waals surface area (Å²) in [4.78, 5) is 12.3. The maximum atomic E-state index is 13.9. The van der Waals surface area contributed by atoms with Gasteiger partial charge in [0.15, 0.2) is 5.78 Å². The fourth-order valence-electron chi connectivity index (χ4n) is 2.73. The Labute approximate surface area is 102 Å². The average Bonchev–Trinajstić information content (AvgIpc) is 2.32. The van der Waals surface area contributed by atoms with Crippen molar-refractivity contribution in [3.05, 3.63) is 35.1 Å². The molecule has 2 atom stereocenters. The zero-order valence-electron chi connectivity index (χ0n) is 10.5. The number of carbonyl (C=O) groups is 1. The van der Waals surface area contributed by atoms with Gasteiger partial charge in [0.2, 0.25) is 0 Å². The molecule has 0 aliphatic heterocycles. The number of rotatable bonds is 2. The molecule has 0 radical (unpaired) electrons. The smallest absolute Gasteiger partial charge is 0.168 e. The van der Waals surface area contributed by atoms with Crippen LogP contribution in [-0.2, 0) is 0 Å². The van der Waals surface area contributed by atoms with Crippen molar-refractivity contribution in [3.8, 4) is 0 Å². The van der Waals surface area contributed by atoms with Crippen molar-refractivity contribution in [3.63, 3.8) is 0 Å². The summed E-state index contributed by atoms with van der Waals surface area (Å²) >= 11 is 0. The van der Waals surface area contributed by atoms with Crippen LogP contribution in [-0.4, -0.2) is 5.78 Å². The van der Waals surface area contributed by atoms with E-state index in [0.717, 1.165) is 19.3 Å². The highest BCUT2D eigenvalue weighted by atomic mass is 19.1. The third kappa shape index (κ3) is 2.56. The van der Waals surface area contributed by atoms with E-state index in [0.29, 0.717) is 11.5 Å². The molecule has 0 amide bonds. The minimum atomic E-state index is -0.337. The number of hydrogen-bond acceptors (Lipinski definition) is 1. The number of Topliss-reactive ketones (excluding diaryl/α,β-unsaturated/α-hetero) is 1. The van der Waals surface area contributed by atoms with Crippen molar-refractivity contribution in [1.29, 1.82) is 0 Å². The molecule has 1 nitrogen and oxygen atoms in total. The lowest BCUT2D eigenvalue weighted by Gasteiger charge is -2.25. The molecule has 1 saturated carbocycles. The highest BCUT2D eigenvalue weighted by Gasteiger charge is 2.27. The van der Waals surface area contributed by atoms with Crippen molar-refractivity contribution in [2.24, 2.45) is 11.8 Å². The second-order valence-electron chi connectivity index (χ2n) is 5.27. The molecule has 1 fully saturated rings. The predicted molar refractivity (Wildman–Crippen MR) is 66.6 cm³/mol. The van der Waals surface area contributed by atoms with Gasteiger partial charge in [0, 0.05) is 5.92 Å². The van der Waals surface area contributed by atoms with Crippen molar-refractivity contribution in [2.45, 2.75) is 39.5 Å². The predicted octanol–water partition coefficient (Wildman–Crippen LogP) is 4.14. The van der Waals surface area contributed by atoms with E-state index in [-0.39, 0.29) is 23.1 Å². The van der Waals surface area contributed by atoms with Crippen LogP contribution in [0, 0.1) is 24.6 Å². The first kappa shape index (κ1) is 12.3. The van der Waals surface area contributed by atoms with E-state index >= 15 is 0 Å². The Bertz CT molecular complexity index is 425. The Morgan fingerprint density at radius 1 is 1.35 bits per heavy atom. The molecule has 1 aromatic rings. The number of halogens is 1. The largest absolute Gasteiger partial charge is 0.294 e. The lowest BCUT2D eigenvalue weighted by molar-refractivity contribution is 0.0864. The van der Waals surface area contributed by atoms with Crippen molar-refractivity contribution in [1.82, 2.24) is 0 Å². The quantitative estimate of drug-likeness (QED) is 0.703. The van der Waals surface area contributed by atoms with Crippen molar-refractivity contribution < 1.29 is 9.18 Å². The molecule has 2 heteroatoms. The fraction of sp³-hybridized carbons (Fsp3) is 0.533. The Hall–Kier alpha value is -1.18. The summed E-state index contributed by atoms with van der Waals surface area (Å²) in [5.74, 6) is 0.272. The summed E-state index contributed by atoms with van der Waals surface area (Å²) < 4.78 is 13.9. The van der Waals surface area contributed by atoms with Crippen LogP contribution in [0.3, 0.4) is 0 Å². The van der Waals surface area contributed by atoms with Gasteiger partial charge in [0.05, 0.1) is 5.56 Å². The molecule has 92 valence electrons. The minimum absolute atomic E-state index is 0.00208. The lowest BCUT2D eigenvalue weighted by Crippen LogP contribution is -2.22. The SMILES string of the molecule is Cc1cccc(C(=O)C2CCCC(C)C2)c1F. The Balaban J connectivity index is 2.22. The molecule has 0 spiro atoms. The zero-order valence-corrected chi connectivity index (χ0v) is 10.5. The summed E-state index contributed by atoms with van der Waals surface area (Å²) in [6.45, 7) is 3.88. The topological polar surface area (TPSA) is 17.1 Å². The third-order valence-electron chi connectivity index (χ3n) is 3.76. The molecule has 0 N–H and O–H groups in total.